The zero-order valence-corrected chi connectivity index (χ0v) is 12.3. The molecule has 118 valence electrons. The van der Waals surface area contributed by atoms with Crippen LogP contribution >= 0.6 is 0 Å². The van der Waals surface area contributed by atoms with E-state index in [2.05, 4.69) is 16.4 Å². The summed E-state index contributed by atoms with van der Waals surface area (Å²) in [6.07, 6.45) is -3.32. The number of para-hydroxylation sites is 1. The third-order valence-corrected chi connectivity index (χ3v) is 4.55. The number of aromatic nitrogens is 1. The van der Waals surface area contributed by atoms with E-state index in [1.807, 2.05) is 18.2 Å². The van der Waals surface area contributed by atoms with Crippen LogP contribution in [0, 0.1) is 0 Å². The summed E-state index contributed by atoms with van der Waals surface area (Å²) in [5.41, 5.74) is 3.77. The average Bonchev–Trinajstić information content (AvgIpc) is 2.93. The number of aromatic amines is 1. The number of halogens is 3. The summed E-state index contributed by atoms with van der Waals surface area (Å²) in [6.45, 7) is 0.931. The van der Waals surface area contributed by atoms with Crippen molar-refractivity contribution in [1.29, 1.82) is 0 Å². The molecule has 23 heavy (non-hydrogen) atoms. The van der Waals surface area contributed by atoms with Crippen LogP contribution in [0.15, 0.2) is 48.5 Å². The van der Waals surface area contributed by atoms with Gasteiger partial charge in [0.1, 0.15) is 0 Å². The number of nitrogens with two attached hydrogens (primary N) is 1. The molecule has 0 saturated carbocycles. The fourth-order valence-electron chi connectivity index (χ4n) is 3.45. The Morgan fingerprint density at radius 3 is 2.48 bits per heavy atom. The SMILES string of the molecule is FC(F)(F)c1ccc([C@@H]2[NH2+]CCc3c2[nH]c2ccccc32)cc1. The summed E-state index contributed by atoms with van der Waals surface area (Å²) < 4.78 is 38.2. The number of hydrogen-bond donors (Lipinski definition) is 2. The van der Waals surface area contributed by atoms with Gasteiger partial charge in [0.25, 0.3) is 0 Å². The summed E-state index contributed by atoms with van der Waals surface area (Å²) in [6, 6.07) is 13.7. The lowest BCUT2D eigenvalue weighted by Crippen LogP contribution is -2.87. The van der Waals surface area contributed by atoms with Crippen molar-refractivity contribution < 1.29 is 18.5 Å². The number of alkyl halides is 3. The minimum atomic E-state index is -4.29. The normalized spacial score (nSPS) is 18.1. The number of H-pyrrole nitrogens is 1. The Bertz CT molecular complexity index is 847. The first-order valence-electron chi connectivity index (χ1n) is 7.64. The number of nitrogens with one attached hydrogen (secondary N) is 1. The van der Waals surface area contributed by atoms with Crippen LogP contribution in [0.4, 0.5) is 13.2 Å². The molecule has 5 heteroatoms. The van der Waals surface area contributed by atoms with Crippen LogP contribution in [0.3, 0.4) is 0 Å². The van der Waals surface area contributed by atoms with Crippen molar-refractivity contribution in [2.45, 2.75) is 18.6 Å². The third-order valence-electron chi connectivity index (χ3n) is 4.55. The minimum Gasteiger partial charge on any atom is -0.353 e. The van der Waals surface area contributed by atoms with E-state index < -0.39 is 11.7 Å². The molecule has 0 unspecified atom stereocenters. The molecule has 0 bridgehead atoms. The van der Waals surface area contributed by atoms with Crippen molar-refractivity contribution in [3.05, 3.63) is 70.9 Å². The molecule has 2 heterocycles. The zero-order chi connectivity index (χ0) is 16.0. The van der Waals surface area contributed by atoms with Crippen LogP contribution in [-0.2, 0) is 12.6 Å². The first kappa shape index (κ1) is 14.3. The van der Waals surface area contributed by atoms with Gasteiger partial charge in [-0.2, -0.15) is 13.2 Å². The largest absolute Gasteiger partial charge is 0.416 e. The highest BCUT2D eigenvalue weighted by Gasteiger charge is 2.32. The van der Waals surface area contributed by atoms with E-state index in [1.165, 1.54) is 23.1 Å². The number of quaternary nitrogens is 1. The van der Waals surface area contributed by atoms with Crippen LogP contribution in [0.2, 0.25) is 0 Å². The number of benzene rings is 2. The molecule has 0 aliphatic carbocycles. The molecule has 0 radical (unpaired) electrons. The van der Waals surface area contributed by atoms with E-state index in [9.17, 15) is 13.2 Å². The van der Waals surface area contributed by atoms with Crippen LogP contribution in [0.1, 0.15) is 28.4 Å². The lowest BCUT2D eigenvalue weighted by Gasteiger charge is -2.22. The Morgan fingerprint density at radius 1 is 1.00 bits per heavy atom. The molecule has 0 amide bonds. The molecular weight excluding hydrogens is 301 g/mol. The lowest BCUT2D eigenvalue weighted by atomic mass is 9.94. The van der Waals surface area contributed by atoms with Gasteiger partial charge in [-0.25, -0.2) is 0 Å². The van der Waals surface area contributed by atoms with E-state index in [-0.39, 0.29) is 6.04 Å². The third kappa shape index (κ3) is 2.41. The zero-order valence-electron chi connectivity index (χ0n) is 12.3. The van der Waals surface area contributed by atoms with E-state index in [0.29, 0.717) is 0 Å². The molecule has 0 fully saturated rings. The molecule has 4 rings (SSSR count). The maximum atomic E-state index is 12.7. The molecule has 1 atom stereocenters. The molecule has 3 N–H and O–H groups in total. The van der Waals surface area contributed by atoms with Gasteiger partial charge in [-0.15, -0.1) is 0 Å². The molecule has 2 aromatic carbocycles. The van der Waals surface area contributed by atoms with Crippen molar-refractivity contribution in [3.8, 4) is 0 Å². The Morgan fingerprint density at radius 2 is 1.74 bits per heavy atom. The van der Waals surface area contributed by atoms with Crippen molar-refractivity contribution >= 4 is 10.9 Å². The van der Waals surface area contributed by atoms with E-state index >= 15 is 0 Å². The topological polar surface area (TPSA) is 32.4 Å². The summed E-state index contributed by atoms with van der Waals surface area (Å²) in [4.78, 5) is 3.46. The molecule has 0 saturated heterocycles. The predicted molar refractivity (Wildman–Crippen MR) is 82.1 cm³/mol. The van der Waals surface area contributed by atoms with E-state index in [1.54, 1.807) is 12.1 Å². The van der Waals surface area contributed by atoms with Gasteiger partial charge in [0, 0.05) is 22.9 Å². The fourth-order valence-corrected chi connectivity index (χ4v) is 3.45. The maximum Gasteiger partial charge on any atom is 0.416 e. The van der Waals surface area contributed by atoms with Crippen LogP contribution < -0.4 is 5.32 Å². The van der Waals surface area contributed by atoms with Gasteiger partial charge in [0.05, 0.1) is 17.8 Å². The highest BCUT2D eigenvalue weighted by Crippen LogP contribution is 2.33. The molecule has 1 aliphatic rings. The monoisotopic (exact) mass is 317 g/mol. The van der Waals surface area contributed by atoms with Crippen molar-refractivity contribution in [1.82, 2.24) is 4.98 Å². The second-order valence-corrected chi connectivity index (χ2v) is 5.93. The molecule has 1 aromatic heterocycles. The maximum absolute atomic E-state index is 12.7. The van der Waals surface area contributed by atoms with Crippen LogP contribution in [0.25, 0.3) is 10.9 Å². The summed E-state index contributed by atoms with van der Waals surface area (Å²) in [5, 5.41) is 3.40. The van der Waals surface area contributed by atoms with Crippen molar-refractivity contribution in [2.75, 3.05) is 6.54 Å². The second kappa shape index (κ2) is 5.13. The summed E-state index contributed by atoms with van der Waals surface area (Å²) >= 11 is 0. The molecule has 3 aromatic rings. The van der Waals surface area contributed by atoms with Gasteiger partial charge in [-0.1, -0.05) is 30.3 Å². The Kier molecular flexibility index (Phi) is 3.20. The Balaban J connectivity index is 1.77. The second-order valence-electron chi connectivity index (χ2n) is 5.93. The molecule has 2 nitrogen and oxygen atoms in total. The first-order valence-corrected chi connectivity index (χ1v) is 7.64. The standard InChI is InChI=1S/C18H15F3N2/c19-18(20,21)12-7-5-11(6-8-12)16-17-14(9-10-22-16)13-3-1-2-4-15(13)23-17/h1-8,16,22-23H,9-10H2/p+1/t16-/m0/s1. The van der Waals surface area contributed by atoms with Crippen molar-refractivity contribution in [3.63, 3.8) is 0 Å². The van der Waals surface area contributed by atoms with E-state index in [0.717, 1.165) is 29.7 Å². The van der Waals surface area contributed by atoms with Gasteiger partial charge >= 0.3 is 6.18 Å². The van der Waals surface area contributed by atoms with Gasteiger partial charge < -0.3 is 10.3 Å². The van der Waals surface area contributed by atoms with Crippen LogP contribution in [0.5, 0.6) is 0 Å². The van der Waals surface area contributed by atoms with E-state index in [4.69, 9.17) is 0 Å². The smallest absolute Gasteiger partial charge is 0.353 e. The average molecular weight is 317 g/mol. The Labute approximate surface area is 131 Å². The quantitative estimate of drug-likeness (QED) is 0.690. The fraction of sp³-hybridized carbons (Fsp3) is 0.222. The number of rotatable bonds is 1. The molecule has 1 aliphatic heterocycles. The van der Waals surface area contributed by atoms with Crippen molar-refractivity contribution in [2.24, 2.45) is 0 Å². The predicted octanol–water partition coefficient (Wildman–Crippen LogP) is 3.40. The Hall–Kier alpha value is -2.27. The molecular formula is C18H16F3N2+. The summed E-state index contributed by atoms with van der Waals surface area (Å²) in [7, 11) is 0. The van der Waals surface area contributed by atoms with Gasteiger partial charge in [0.2, 0.25) is 0 Å². The van der Waals surface area contributed by atoms with Crippen LogP contribution in [-0.4, -0.2) is 11.5 Å². The van der Waals surface area contributed by atoms with Gasteiger partial charge in [-0.3, -0.25) is 0 Å². The minimum absolute atomic E-state index is 0.0217. The lowest BCUT2D eigenvalue weighted by molar-refractivity contribution is -0.690. The highest BCUT2D eigenvalue weighted by atomic mass is 19.4. The van der Waals surface area contributed by atoms with Gasteiger partial charge in [0.15, 0.2) is 6.04 Å². The highest BCUT2D eigenvalue weighted by molar-refractivity contribution is 5.85. The molecule has 0 spiro atoms. The number of hydrogen-bond acceptors (Lipinski definition) is 0. The first-order chi connectivity index (χ1) is 11.0. The van der Waals surface area contributed by atoms with Gasteiger partial charge in [-0.05, 0) is 23.8 Å². The summed E-state index contributed by atoms with van der Waals surface area (Å²) in [5.74, 6) is 0. The number of fused-ring (bicyclic) bond motifs is 3.